The first-order valence-corrected chi connectivity index (χ1v) is 6.05. The van der Waals surface area contributed by atoms with E-state index in [1.54, 1.807) is 17.0 Å². The molecule has 0 aliphatic carbocycles. The molecule has 2 rings (SSSR count). The first kappa shape index (κ1) is 13.1. The van der Waals surface area contributed by atoms with E-state index in [2.05, 4.69) is 10.3 Å². The zero-order chi connectivity index (χ0) is 14.0. The minimum absolute atomic E-state index is 0.125. The molecule has 0 aromatic heterocycles. The third-order valence-corrected chi connectivity index (χ3v) is 2.95. The summed E-state index contributed by atoms with van der Waals surface area (Å²) in [6, 6.07) is 6.60. The molecule has 1 heterocycles. The van der Waals surface area contributed by atoms with Gasteiger partial charge in [-0.25, -0.2) is 4.79 Å². The van der Waals surface area contributed by atoms with Gasteiger partial charge in [0.1, 0.15) is 11.9 Å². The number of hydrogen-bond donors (Lipinski definition) is 2. The van der Waals surface area contributed by atoms with Gasteiger partial charge in [-0.1, -0.05) is 12.1 Å². The lowest BCUT2D eigenvalue weighted by atomic mass is 10.0. The predicted molar refractivity (Wildman–Crippen MR) is 72.9 cm³/mol. The molecule has 19 heavy (non-hydrogen) atoms. The summed E-state index contributed by atoms with van der Waals surface area (Å²) < 4.78 is 0. The molecule has 3 amide bonds. The molecule has 3 N–H and O–H groups in total. The Hall–Kier alpha value is -2.37. The van der Waals surface area contributed by atoms with Gasteiger partial charge < -0.3 is 16.0 Å². The number of benzene rings is 1. The summed E-state index contributed by atoms with van der Waals surface area (Å²) in [6.07, 6.45) is 0. The molecule has 0 saturated carbocycles. The SMILES string of the molecule is CCN1C(=O)N=C(N)C1c1ccc(NC(C)=O)cc1. The third-order valence-electron chi connectivity index (χ3n) is 2.95. The maximum absolute atomic E-state index is 11.6. The Morgan fingerprint density at radius 1 is 1.42 bits per heavy atom. The van der Waals surface area contributed by atoms with E-state index in [1.807, 2.05) is 19.1 Å². The van der Waals surface area contributed by atoms with Gasteiger partial charge in [0.15, 0.2) is 0 Å². The van der Waals surface area contributed by atoms with Crippen molar-refractivity contribution in [2.75, 3.05) is 11.9 Å². The summed E-state index contributed by atoms with van der Waals surface area (Å²) in [5.41, 5.74) is 7.39. The number of likely N-dealkylation sites (N-methyl/N-ethyl adjacent to an activating group) is 1. The Morgan fingerprint density at radius 3 is 2.58 bits per heavy atom. The van der Waals surface area contributed by atoms with Gasteiger partial charge in [-0.3, -0.25) is 4.79 Å². The molecular formula is C13H16N4O2. The number of nitrogens with one attached hydrogen (secondary N) is 1. The molecule has 0 radical (unpaired) electrons. The largest absolute Gasteiger partial charge is 0.385 e. The fourth-order valence-corrected chi connectivity index (χ4v) is 2.13. The molecule has 6 heteroatoms. The van der Waals surface area contributed by atoms with E-state index in [1.165, 1.54) is 6.92 Å². The van der Waals surface area contributed by atoms with Crippen molar-refractivity contribution < 1.29 is 9.59 Å². The van der Waals surface area contributed by atoms with Crippen LogP contribution in [0.1, 0.15) is 25.5 Å². The van der Waals surface area contributed by atoms with E-state index < -0.39 is 0 Å². The van der Waals surface area contributed by atoms with Crippen molar-refractivity contribution >= 4 is 23.5 Å². The lowest BCUT2D eigenvalue weighted by Gasteiger charge is -2.23. The zero-order valence-electron chi connectivity index (χ0n) is 10.9. The molecule has 0 fully saturated rings. The minimum Gasteiger partial charge on any atom is -0.385 e. The standard InChI is InChI=1S/C13H16N4O2/c1-3-17-11(12(14)16-13(17)19)9-4-6-10(7-5-9)15-8(2)18/h4-7,11H,3H2,1-2H3,(H,15,18)(H2,14,16,19). The number of nitrogens with two attached hydrogens (primary N) is 1. The molecule has 1 atom stereocenters. The average molecular weight is 260 g/mol. The summed E-state index contributed by atoms with van der Waals surface area (Å²) in [7, 11) is 0. The van der Waals surface area contributed by atoms with Gasteiger partial charge in [-0.2, -0.15) is 4.99 Å². The lowest BCUT2D eigenvalue weighted by molar-refractivity contribution is -0.114. The van der Waals surface area contributed by atoms with Crippen LogP contribution in [0, 0.1) is 0 Å². The van der Waals surface area contributed by atoms with Crippen LogP contribution in [0.2, 0.25) is 0 Å². The van der Waals surface area contributed by atoms with Crippen LogP contribution < -0.4 is 11.1 Å². The number of carbonyl (C=O) groups excluding carboxylic acids is 2. The van der Waals surface area contributed by atoms with Gasteiger partial charge in [0, 0.05) is 19.2 Å². The maximum atomic E-state index is 11.6. The Labute approximate surface area is 111 Å². The topological polar surface area (TPSA) is 87.8 Å². The van der Waals surface area contributed by atoms with Crippen molar-refractivity contribution in [1.29, 1.82) is 0 Å². The van der Waals surface area contributed by atoms with Gasteiger partial charge in [0.05, 0.1) is 0 Å². The van der Waals surface area contributed by atoms with Crippen molar-refractivity contribution in [2.45, 2.75) is 19.9 Å². The van der Waals surface area contributed by atoms with Crippen molar-refractivity contribution in [2.24, 2.45) is 10.7 Å². The van der Waals surface area contributed by atoms with E-state index in [0.717, 1.165) is 5.56 Å². The second-order valence-corrected chi connectivity index (χ2v) is 4.31. The summed E-state index contributed by atoms with van der Waals surface area (Å²) >= 11 is 0. The highest BCUT2D eigenvalue weighted by atomic mass is 16.2. The molecule has 1 aliphatic rings. The second-order valence-electron chi connectivity index (χ2n) is 4.31. The first-order chi connectivity index (χ1) is 9.02. The number of amidine groups is 1. The molecule has 0 bridgehead atoms. The number of rotatable bonds is 3. The van der Waals surface area contributed by atoms with Crippen LogP contribution in [0.5, 0.6) is 0 Å². The van der Waals surface area contributed by atoms with Gasteiger partial charge in [0.25, 0.3) is 0 Å². The van der Waals surface area contributed by atoms with Crippen LogP contribution in [0.3, 0.4) is 0 Å². The van der Waals surface area contributed by atoms with Crippen molar-refractivity contribution in [1.82, 2.24) is 4.90 Å². The number of amides is 3. The minimum atomic E-state index is -0.316. The lowest BCUT2D eigenvalue weighted by Crippen LogP contribution is -2.33. The van der Waals surface area contributed by atoms with Crippen LogP contribution >= 0.6 is 0 Å². The van der Waals surface area contributed by atoms with Crippen molar-refractivity contribution in [3.63, 3.8) is 0 Å². The van der Waals surface area contributed by atoms with Gasteiger partial charge in [-0.15, -0.1) is 0 Å². The molecule has 1 unspecified atom stereocenters. The van der Waals surface area contributed by atoms with Crippen molar-refractivity contribution in [3.8, 4) is 0 Å². The molecule has 6 nitrogen and oxygen atoms in total. The van der Waals surface area contributed by atoms with Gasteiger partial charge in [-0.05, 0) is 24.6 Å². The molecule has 1 aromatic rings. The highest BCUT2D eigenvalue weighted by Crippen LogP contribution is 2.27. The monoisotopic (exact) mass is 260 g/mol. The van der Waals surface area contributed by atoms with E-state index >= 15 is 0 Å². The smallest absolute Gasteiger partial charge is 0.346 e. The van der Waals surface area contributed by atoms with E-state index in [4.69, 9.17) is 5.73 Å². The number of aliphatic imine (C=N–C) groups is 1. The van der Waals surface area contributed by atoms with Crippen LogP contribution in [-0.2, 0) is 4.79 Å². The summed E-state index contributed by atoms with van der Waals surface area (Å²) in [5, 5.41) is 2.69. The molecular weight excluding hydrogens is 244 g/mol. The second kappa shape index (κ2) is 5.09. The van der Waals surface area contributed by atoms with E-state index in [9.17, 15) is 9.59 Å². The molecule has 0 spiro atoms. The van der Waals surface area contributed by atoms with Crippen LogP contribution in [0.4, 0.5) is 10.5 Å². The quantitative estimate of drug-likeness (QED) is 0.863. The Balaban J connectivity index is 2.24. The van der Waals surface area contributed by atoms with Crippen molar-refractivity contribution in [3.05, 3.63) is 29.8 Å². The van der Waals surface area contributed by atoms with E-state index in [0.29, 0.717) is 18.1 Å². The van der Waals surface area contributed by atoms with Crippen LogP contribution in [-0.4, -0.2) is 29.2 Å². The Morgan fingerprint density at radius 2 is 2.05 bits per heavy atom. The highest BCUT2D eigenvalue weighted by Gasteiger charge is 2.33. The third kappa shape index (κ3) is 2.57. The molecule has 1 aliphatic heterocycles. The van der Waals surface area contributed by atoms with Crippen LogP contribution in [0.15, 0.2) is 29.3 Å². The molecule has 1 aromatic carbocycles. The highest BCUT2D eigenvalue weighted by molar-refractivity contribution is 6.03. The normalized spacial score (nSPS) is 18.4. The molecule has 0 saturated heterocycles. The fourth-order valence-electron chi connectivity index (χ4n) is 2.13. The molecule has 100 valence electrons. The summed E-state index contributed by atoms with van der Waals surface area (Å²) in [6.45, 7) is 3.87. The van der Waals surface area contributed by atoms with Gasteiger partial charge in [0.2, 0.25) is 5.91 Å². The first-order valence-electron chi connectivity index (χ1n) is 6.05. The summed E-state index contributed by atoms with van der Waals surface area (Å²) in [4.78, 5) is 27.9. The predicted octanol–water partition coefficient (Wildman–Crippen LogP) is 1.50. The van der Waals surface area contributed by atoms with Crippen LogP contribution in [0.25, 0.3) is 0 Å². The fraction of sp³-hybridized carbons (Fsp3) is 0.308. The summed E-state index contributed by atoms with van der Waals surface area (Å²) in [5.74, 6) is 0.180. The Bertz CT molecular complexity index is 536. The zero-order valence-corrected chi connectivity index (χ0v) is 10.9. The van der Waals surface area contributed by atoms with Gasteiger partial charge >= 0.3 is 6.03 Å². The van der Waals surface area contributed by atoms with E-state index in [-0.39, 0.29) is 18.0 Å². The maximum Gasteiger partial charge on any atom is 0.346 e. The number of carbonyl (C=O) groups is 2. The number of anilines is 1. The Kier molecular flexibility index (Phi) is 3.50. The average Bonchev–Trinajstić information content (AvgIpc) is 2.64. The number of nitrogens with zero attached hydrogens (tertiary/aromatic N) is 2. The number of urea groups is 1. The number of hydrogen-bond acceptors (Lipinski definition) is 3.